The first-order chi connectivity index (χ1) is 4.29. The van der Waals surface area contributed by atoms with Crippen LogP contribution in [0.2, 0.25) is 9.63 Å². The Morgan fingerprint density at radius 2 is 1.78 bits per heavy atom. The molecule has 1 aliphatic rings. The molecule has 0 saturated heterocycles. The fraction of sp³-hybridized carbons (Fsp3) is 0.500. The van der Waals surface area contributed by atoms with Gasteiger partial charge in [0.15, 0.2) is 0 Å². The van der Waals surface area contributed by atoms with Crippen LogP contribution >= 0.6 is 0 Å². The van der Waals surface area contributed by atoms with E-state index in [4.69, 9.17) is 0 Å². The Morgan fingerprint density at radius 1 is 1.22 bits per heavy atom. The zero-order chi connectivity index (χ0) is 6.69. The molecule has 9 heavy (non-hydrogen) atoms. The van der Waals surface area contributed by atoms with Gasteiger partial charge in [0.2, 0.25) is 0 Å². The van der Waals surface area contributed by atoms with Crippen LogP contribution in [0.4, 0.5) is 0 Å². The van der Waals surface area contributed by atoms with Crippen LogP contribution in [0.5, 0.6) is 0 Å². The Bertz CT molecular complexity index is 122. The molecule has 0 aliphatic heterocycles. The normalized spacial score (nSPS) is 18.1. The average molecular weight is 163 g/mol. The van der Waals surface area contributed by atoms with Crippen LogP contribution in [0.25, 0.3) is 0 Å². The average Bonchev–Trinajstić information content (AvgIpc) is 2.15. The van der Waals surface area contributed by atoms with Gasteiger partial charge in [0, 0.05) is 0 Å². The van der Waals surface area contributed by atoms with E-state index in [2.05, 4.69) is 38.2 Å². The number of rotatable bonds is 2. The van der Waals surface area contributed by atoms with E-state index >= 15 is 0 Å². The second-order valence-corrected chi connectivity index (χ2v) is 4.90. The van der Waals surface area contributed by atoms with Crippen LogP contribution in [0, 0.1) is 0 Å². The molecule has 0 heterocycles. The van der Waals surface area contributed by atoms with Gasteiger partial charge in [-0.1, -0.05) is 0 Å². The molecule has 0 aromatic heterocycles. The maximum atomic E-state index is 2.28. The molecule has 51 valence electrons. The van der Waals surface area contributed by atoms with Crippen molar-refractivity contribution in [1.82, 2.24) is 0 Å². The van der Waals surface area contributed by atoms with Gasteiger partial charge in [-0.05, 0) is 0 Å². The van der Waals surface area contributed by atoms with Gasteiger partial charge in [0.05, 0.1) is 0 Å². The van der Waals surface area contributed by atoms with Gasteiger partial charge in [-0.25, -0.2) is 0 Å². The molecule has 0 fully saturated rings. The second-order valence-electron chi connectivity index (χ2n) is 2.35. The van der Waals surface area contributed by atoms with Crippen molar-refractivity contribution >= 4 is 0 Å². The van der Waals surface area contributed by atoms with E-state index in [9.17, 15) is 0 Å². The SMILES string of the molecule is C[CH](C)[Mn][CH]1C=CC=C1. The molecule has 0 spiro atoms. The molecule has 1 aliphatic carbocycles. The fourth-order valence-corrected chi connectivity index (χ4v) is 2.21. The fourth-order valence-electron chi connectivity index (χ4n) is 0.780. The Balaban J connectivity index is 2.29. The zero-order valence-corrected chi connectivity index (χ0v) is 7.02. The monoisotopic (exact) mass is 163 g/mol. The maximum absolute atomic E-state index is 2.28. The summed E-state index contributed by atoms with van der Waals surface area (Å²) in [5.41, 5.74) is 0. The molecule has 0 bridgehead atoms. The van der Waals surface area contributed by atoms with Crippen molar-refractivity contribution in [2.45, 2.75) is 23.5 Å². The topological polar surface area (TPSA) is 0 Å². The Kier molecular flexibility index (Phi) is 2.56. The molecule has 0 saturated carbocycles. The molecule has 0 amide bonds. The van der Waals surface area contributed by atoms with Crippen LogP contribution in [0.3, 0.4) is 0 Å². The minimum atomic E-state index is 0.758. The van der Waals surface area contributed by atoms with Crippen molar-refractivity contribution in [2.75, 3.05) is 0 Å². The molecular formula is C8H12Mn. The summed E-state index contributed by atoms with van der Waals surface area (Å²) in [4.78, 5) is 1.61. The van der Waals surface area contributed by atoms with E-state index in [-0.39, 0.29) is 0 Å². The third kappa shape index (κ3) is 2.38. The van der Waals surface area contributed by atoms with E-state index in [0.29, 0.717) is 0 Å². The van der Waals surface area contributed by atoms with E-state index in [0.717, 1.165) is 24.6 Å². The van der Waals surface area contributed by atoms with Crippen LogP contribution in [0.1, 0.15) is 13.8 Å². The van der Waals surface area contributed by atoms with Gasteiger partial charge in [-0.3, -0.25) is 0 Å². The molecule has 0 radical (unpaired) electrons. The van der Waals surface area contributed by atoms with Gasteiger partial charge >= 0.3 is 62.7 Å². The third-order valence-corrected chi connectivity index (χ3v) is 2.79. The summed E-state index contributed by atoms with van der Waals surface area (Å²) in [5.74, 6) is 0. The summed E-state index contributed by atoms with van der Waals surface area (Å²) in [5, 5.41) is 0. The van der Waals surface area contributed by atoms with Crippen molar-refractivity contribution in [1.29, 1.82) is 0 Å². The Morgan fingerprint density at radius 3 is 2.22 bits per heavy atom. The molecule has 0 aromatic carbocycles. The van der Waals surface area contributed by atoms with Crippen molar-refractivity contribution in [3.63, 3.8) is 0 Å². The van der Waals surface area contributed by atoms with Crippen molar-refractivity contribution in [3.8, 4) is 0 Å². The van der Waals surface area contributed by atoms with Gasteiger partial charge in [0.1, 0.15) is 0 Å². The Labute approximate surface area is 63.2 Å². The van der Waals surface area contributed by atoms with E-state index < -0.39 is 0 Å². The van der Waals surface area contributed by atoms with Crippen molar-refractivity contribution in [2.24, 2.45) is 0 Å². The number of hydrogen-bond acceptors (Lipinski definition) is 0. The predicted octanol–water partition coefficient (Wildman–Crippen LogP) is 2.81. The zero-order valence-electron chi connectivity index (χ0n) is 5.84. The first-order valence-electron chi connectivity index (χ1n) is 3.26. The van der Waals surface area contributed by atoms with Crippen LogP contribution in [-0.2, 0) is 15.0 Å². The summed E-state index contributed by atoms with van der Waals surface area (Å²) in [6.07, 6.45) is 8.84. The molecule has 1 heteroatoms. The van der Waals surface area contributed by atoms with E-state index in [1.54, 1.807) is 0 Å². The summed E-state index contributed by atoms with van der Waals surface area (Å²) in [6, 6.07) is 0. The number of hydrogen-bond donors (Lipinski definition) is 0. The van der Waals surface area contributed by atoms with Crippen LogP contribution < -0.4 is 0 Å². The molecule has 0 atom stereocenters. The minimum absolute atomic E-state index is 0.758. The molecule has 0 aromatic rings. The van der Waals surface area contributed by atoms with Gasteiger partial charge < -0.3 is 0 Å². The van der Waals surface area contributed by atoms with Gasteiger partial charge in [-0.2, -0.15) is 0 Å². The first kappa shape index (κ1) is 7.11. The first-order valence-corrected chi connectivity index (χ1v) is 4.62. The number of allylic oxidation sites excluding steroid dienone is 4. The van der Waals surface area contributed by atoms with E-state index in [1.165, 1.54) is 0 Å². The third-order valence-electron chi connectivity index (χ3n) is 1.10. The molecule has 0 nitrogen and oxygen atoms in total. The summed E-state index contributed by atoms with van der Waals surface area (Å²) in [7, 11) is 0. The van der Waals surface area contributed by atoms with Crippen molar-refractivity contribution < 1.29 is 15.0 Å². The summed E-state index contributed by atoms with van der Waals surface area (Å²) in [6.45, 7) is 4.56. The quantitative estimate of drug-likeness (QED) is 0.549. The molecule has 1 rings (SSSR count). The van der Waals surface area contributed by atoms with Gasteiger partial charge in [0.25, 0.3) is 0 Å². The van der Waals surface area contributed by atoms with Crippen LogP contribution in [-0.4, -0.2) is 0 Å². The Hall–Kier alpha value is -0.000519. The summed E-state index contributed by atoms with van der Waals surface area (Å²) < 4.78 is 0. The summed E-state index contributed by atoms with van der Waals surface area (Å²) >= 11 is 1.04. The molecule has 0 unspecified atom stereocenters. The van der Waals surface area contributed by atoms with Crippen molar-refractivity contribution in [3.05, 3.63) is 24.3 Å². The second kappa shape index (κ2) is 3.24. The van der Waals surface area contributed by atoms with Gasteiger partial charge in [-0.15, -0.1) is 0 Å². The van der Waals surface area contributed by atoms with Crippen LogP contribution in [0.15, 0.2) is 24.3 Å². The molecular weight excluding hydrogens is 151 g/mol. The predicted molar refractivity (Wildman–Crippen MR) is 37.1 cm³/mol. The molecule has 0 N–H and O–H groups in total. The standard InChI is InChI=1S/C5H5.C3H7.Mn/c1-2-4-5-3-1;1-3-2;/h1-5H;3H,1-2H3;. The van der Waals surface area contributed by atoms with E-state index in [1.807, 2.05) is 0 Å².